The van der Waals surface area contributed by atoms with Crippen molar-refractivity contribution < 1.29 is 9.47 Å². The molecular weight excluding hydrogens is 214 g/mol. The normalized spacial score (nSPS) is 11.6. The Balaban J connectivity index is 0.00000121. The SMILES string of the molecule is CC.CCC(OC)OCc1ccc(CN)cc1. The Morgan fingerprint density at radius 2 is 1.65 bits per heavy atom. The van der Waals surface area contributed by atoms with Crippen molar-refractivity contribution in [2.45, 2.75) is 46.6 Å². The molecular formula is C14H25NO2. The van der Waals surface area contributed by atoms with Crippen LogP contribution in [0.2, 0.25) is 0 Å². The summed E-state index contributed by atoms with van der Waals surface area (Å²) in [6.07, 6.45) is 0.747. The van der Waals surface area contributed by atoms with Crippen LogP contribution in [0.4, 0.5) is 0 Å². The standard InChI is InChI=1S/C12H19NO2.C2H6/c1-3-12(14-2)15-9-11-6-4-10(8-13)5-7-11;1-2/h4-7,12H,3,8-9,13H2,1-2H3;1-2H3. The number of hydrogen-bond acceptors (Lipinski definition) is 3. The van der Waals surface area contributed by atoms with Gasteiger partial charge in [-0.1, -0.05) is 45.0 Å². The second-order valence-electron chi connectivity index (χ2n) is 3.41. The van der Waals surface area contributed by atoms with Crippen LogP contribution in [0.5, 0.6) is 0 Å². The molecule has 0 fully saturated rings. The summed E-state index contributed by atoms with van der Waals surface area (Å²) < 4.78 is 10.7. The van der Waals surface area contributed by atoms with Crippen molar-refractivity contribution in [1.82, 2.24) is 0 Å². The summed E-state index contributed by atoms with van der Waals surface area (Å²) in [5, 5.41) is 0. The van der Waals surface area contributed by atoms with Crippen LogP contribution in [0.15, 0.2) is 24.3 Å². The quantitative estimate of drug-likeness (QED) is 0.776. The molecule has 3 nitrogen and oxygen atoms in total. The van der Waals surface area contributed by atoms with Crippen molar-refractivity contribution in [3.8, 4) is 0 Å². The second-order valence-corrected chi connectivity index (χ2v) is 3.41. The highest BCUT2D eigenvalue weighted by atomic mass is 16.7. The van der Waals surface area contributed by atoms with Crippen LogP contribution in [-0.2, 0) is 22.6 Å². The molecule has 98 valence electrons. The van der Waals surface area contributed by atoms with E-state index in [4.69, 9.17) is 15.2 Å². The Labute approximate surface area is 105 Å². The third-order valence-corrected chi connectivity index (χ3v) is 2.29. The van der Waals surface area contributed by atoms with Gasteiger partial charge in [-0.3, -0.25) is 0 Å². The van der Waals surface area contributed by atoms with E-state index in [0.717, 1.165) is 17.5 Å². The van der Waals surface area contributed by atoms with Gasteiger partial charge in [-0.15, -0.1) is 0 Å². The van der Waals surface area contributed by atoms with E-state index in [1.54, 1.807) is 7.11 Å². The Kier molecular flexibility index (Phi) is 9.72. The zero-order valence-electron chi connectivity index (χ0n) is 11.4. The van der Waals surface area contributed by atoms with Crippen molar-refractivity contribution in [3.63, 3.8) is 0 Å². The van der Waals surface area contributed by atoms with Gasteiger partial charge in [-0.25, -0.2) is 0 Å². The van der Waals surface area contributed by atoms with E-state index in [1.807, 2.05) is 45.0 Å². The van der Waals surface area contributed by atoms with Gasteiger partial charge in [0.15, 0.2) is 6.29 Å². The predicted octanol–water partition coefficient (Wildman–Crippen LogP) is 3.07. The molecule has 1 atom stereocenters. The molecule has 3 heteroatoms. The van der Waals surface area contributed by atoms with Crippen LogP contribution in [0, 0.1) is 0 Å². The highest BCUT2D eigenvalue weighted by molar-refractivity contribution is 5.21. The van der Waals surface area contributed by atoms with Crippen molar-refractivity contribution in [2.75, 3.05) is 7.11 Å². The maximum Gasteiger partial charge on any atom is 0.157 e. The molecule has 2 N–H and O–H groups in total. The summed E-state index contributed by atoms with van der Waals surface area (Å²) in [5.74, 6) is 0. The van der Waals surface area contributed by atoms with Gasteiger partial charge < -0.3 is 15.2 Å². The molecule has 0 amide bonds. The monoisotopic (exact) mass is 239 g/mol. The van der Waals surface area contributed by atoms with Gasteiger partial charge in [0.1, 0.15) is 0 Å². The van der Waals surface area contributed by atoms with E-state index >= 15 is 0 Å². The summed E-state index contributed by atoms with van der Waals surface area (Å²) in [7, 11) is 1.66. The molecule has 0 aliphatic rings. The van der Waals surface area contributed by atoms with Gasteiger partial charge >= 0.3 is 0 Å². The van der Waals surface area contributed by atoms with Crippen molar-refractivity contribution in [3.05, 3.63) is 35.4 Å². The van der Waals surface area contributed by atoms with Gasteiger partial charge in [0, 0.05) is 13.7 Å². The van der Waals surface area contributed by atoms with Gasteiger partial charge in [0.05, 0.1) is 6.61 Å². The van der Waals surface area contributed by atoms with E-state index in [9.17, 15) is 0 Å². The Bertz CT molecular complexity index is 268. The molecule has 1 rings (SSSR count). The third kappa shape index (κ3) is 6.41. The van der Waals surface area contributed by atoms with E-state index in [-0.39, 0.29) is 6.29 Å². The molecule has 0 aliphatic carbocycles. The lowest BCUT2D eigenvalue weighted by Crippen LogP contribution is -2.13. The zero-order chi connectivity index (χ0) is 13.1. The second kappa shape index (κ2) is 10.3. The van der Waals surface area contributed by atoms with Crippen LogP contribution in [0.1, 0.15) is 38.3 Å². The van der Waals surface area contributed by atoms with E-state index < -0.39 is 0 Å². The molecule has 1 unspecified atom stereocenters. The fourth-order valence-electron chi connectivity index (χ4n) is 1.31. The highest BCUT2D eigenvalue weighted by Crippen LogP contribution is 2.08. The lowest BCUT2D eigenvalue weighted by Gasteiger charge is -2.14. The van der Waals surface area contributed by atoms with Crippen LogP contribution in [0.25, 0.3) is 0 Å². The predicted molar refractivity (Wildman–Crippen MR) is 71.6 cm³/mol. The molecule has 0 heterocycles. The Morgan fingerprint density at radius 1 is 1.12 bits per heavy atom. The molecule has 17 heavy (non-hydrogen) atoms. The van der Waals surface area contributed by atoms with Crippen molar-refractivity contribution in [1.29, 1.82) is 0 Å². The fourth-order valence-corrected chi connectivity index (χ4v) is 1.31. The fraction of sp³-hybridized carbons (Fsp3) is 0.571. The first-order valence-electron chi connectivity index (χ1n) is 6.22. The van der Waals surface area contributed by atoms with E-state index in [2.05, 4.69) is 0 Å². The van der Waals surface area contributed by atoms with Crippen LogP contribution >= 0.6 is 0 Å². The number of benzene rings is 1. The summed E-state index contributed by atoms with van der Waals surface area (Å²) in [5.41, 5.74) is 7.79. The van der Waals surface area contributed by atoms with Crippen LogP contribution in [-0.4, -0.2) is 13.4 Å². The maximum absolute atomic E-state index is 5.55. The topological polar surface area (TPSA) is 44.5 Å². The highest BCUT2D eigenvalue weighted by Gasteiger charge is 2.03. The van der Waals surface area contributed by atoms with Gasteiger partial charge in [0.25, 0.3) is 0 Å². The molecule has 0 spiro atoms. The maximum atomic E-state index is 5.55. The first kappa shape index (κ1) is 16.1. The number of ether oxygens (including phenoxy) is 2. The number of hydrogen-bond donors (Lipinski definition) is 1. The summed E-state index contributed by atoms with van der Waals surface area (Å²) >= 11 is 0. The van der Waals surface area contributed by atoms with Crippen molar-refractivity contribution in [2.24, 2.45) is 5.73 Å². The number of methoxy groups -OCH3 is 1. The first-order valence-corrected chi connectivity index (χ1v) is 6.22. The Hall–Kier alpha value is -0.900. The number of rotatable bonds is 6. The lowest BCUT2D eigenvalue weighted by atomic mass is 10.1. The Morgan fingerprint density at radius 3 is 2.06 bits per heavy atom. The third-order valence-electron chi connectivity index (χ3n) is 2.29. The molecule has 0 radical (unpaired) electrons. The first-order chi connectivity index (χ1) is 8.30. The molecule has 0 saturated heterocycles. The van der Waals surface area contributed by atoms with E-state index in [0.29, 0.717) is 13.2 Å². The van der Waals surface area contributed by atoms with Crippen LogP contribution < -0.4 is 5.73 Å². The molecule has 0 bridgehead atoms. The summed E-state index contributed by atoms with van der Waals surface area (Å²) in [6, 6.07) is 8.11. The summed E-state index contributed by atoms with van der Waals surface area (Å²) in [4.78, 5) is 0. The van der Waals surface area contributed by atoms with Crippen LogP contribution in [0.3, 0.4) is 0 Å². The minimum atomic E-state index is -0.112. The molecule has 0 aromatic heterocycles. The molecule has 1 aromatic rings. The minimum Gasteiger partial charge on any atom is -0.356 e. The average Bonchev–Trinajstić information content (AvgIpc) is 2.43. The smallest absolute Gasteiger partial charge is 0.157 e. The van der Waals surface area contributed by atoms with E-state index in [1.165, 1.54) is 0 Å². The molecule has 0 aliphatic heterocycles. The van der Waals surface area contributed by atoms with Gasteiger partial charge in [-0.2, -0.15) is 0 Å². The minimum absolute atomic E-state index is 0.112. The summed E-state index contributed by atoms with van der Waals surface area (Å²) in [6.45, 7) is 7.19. The average molecular weight is 239 g/mol. The largest absolute Gasteiger partial charge is 0.356 e. The van der Waals surface area contributed by atoms with Gasteiger partial charge in [0.2, 0.25) is 0 Å². The molecule has 0 saturated carbocycles. The zero-order valence-corrected chi connectivity index (χ0v) is 11.4. The van der Waals surface area contributed by atoms with Crippen molar-refractivity contribution >= 4 is 0 Å². The lowest BCUT2D eigenvalue weighted by molar-refractivity contribution is -0.132. The van der Waals surface area contributed by atoms with Gasteiger partial charge in [-0.05, 0) is 17.5 Å². The number of nitrogens with two attached hydrogens (primary N) is 1. The molecule has 1 aromatic carbocycles.